The molecule has 1 aromatic heterocycles. The fraction of sp³-hybridized carbons (Fsp3) is 0.375. The number of amides is 2. The van der Waals surface area contributed by atoms with Crippen molar-refractivity contribution in [3.8, 4) is 0 Å². The lowest BCUT2D eigenvalue weighted by Gasteiger charge is -2.22. The molecular weight excluding hydrogens is 318 g/mol. The smallest absolute Gasteiger partial charge is 0.323 e. The zero-order valence-corrected chi connectivity index (χ0v) is 13.0. The number of carbonyl (C=O) groups excluding carboxylic acids is 1. The summed E-state index contributed by atoms with van der Waals surface area (Å²) in [5.41, 5.74) is -0.0574. The maximum absolute atomic E-state index is 13.5. The number of nitrogens with zero attached hydrogens (tertiary/aromatic N) is 2. The number of para-hydroxylation sites is 1. The van der Waals surface area contributed by atoms with Gasteiger partial charge in [-0.25, -0.2) is 13.6 Å². The molecule has 2 heterocycles. The summed E-state index contributed by atoms with van der Waals surface area (Å²) in [5.74, 6) is -1.68. The Balaban J connectivity index is 1.57. The number of halogens is 2. The number of ether oxygens (including phenoxy) is 1. The van der Waals surface area contributed by atoms with Crippen molar-refractivity contribution in [2.45, 2.75) is 31.9 Å². The van der Waals surface area contributed by atoms with Gasteiger partial charge >= 0.3 is 6.03 Å². The van der Waals surface area contributed by atoms with Gasteiger partial charge < -0.3 is 15.4 Å². The zero-order valence-electron chi connectivity index (χ0n) is 13.0. The third kappa shape index (κ3) is 4.08. The number of anilines is 2. The highest BCUT2D eigenvalue weighted by atomic mass is 19.1. The molecule has 1 unspecified atom stereocenters. The molecule has 1 fully saturated rings. The predicted octanol–water partition coefficient (Wildman–Crippen LogP) is 3.37. The van der Waals surface area contributed by atoms with E-state index in [1.54, 1.807) is 10.9 Å². The Kier molecular flexibility index (Phi) is 5.05. The van der Waals surface area contributed by atoms with Gasteiger partial charge in [0.15, 0.2) is 0 Å². The molecule has 24 heavy (non-hydrogen) atoms. The van der Waals surface area contributed by atoms with Crippen LogP contribution < -0.4 is 10.6 Å². The van der Waals surface area contributed by atoms with E-state index >= 15 is 0 Å². The van der Waals surface area contributed by atoms with Crippen molar-refractivity contribution >= 4 is 17.4 Å². The summed E-state index contributed by atoms with van der Waals surface area (Å²) < 4.78 is 34.3. The van der Waals surface area contributed by atoms with E-state index in [4.69, 9.17) is 4.74 Å². The van der Waals surface area contributed by atoms with Crippen LogP contribution in [0.4, 0.5) is 25.0 Å². The summed E-state index contributed by atoms with van der Waals surface area (Å²) in [6.07, 6.45) is 6.43. The first-order chi connectivity index (χ1) is 11.6. The van der Waals surface area contributed by atoms with Crippen molar-refractivity contribution in [1.29, 1.82) is 0 Å². The number of nitrogens with one attached hydrogen (secondary N) is 2. The van der Waals surface area contributed by atoms with E-state index in [0.29, 0.717) is 12.2 Å². The molecule has 1 aliphatic rings. The lowest BCUT2D eigenvalue weighted by Crippen LogP contribution is -2.24. The highest BCUT2D eigenvalue weighted by molar-refractivity contribution is 5.99. The van der Waals surface area contributed by atoms with Gasteiger partial charge in [0.2, 0.25) is 0 Å². The van der Waals surface area contributed by atoms with Crippen LogP contribution in [0.1, 0.15) is 19.3 Å². The molecule has 1 aliphatic heterocycles. The summed E-state index contributed by atoms with van der Waals surface area (Å²) >= 11 is 0. The van der Waals surface area contributed by atoms with Crippen molar-refractivity contribution in [2.24, 2.45) is 0 Å². The molecule has 2 N–H and O–H groups in total. The summed E-state index contributed by atoms with van der Waals surface area (Å²) in [5, 5.41) is 8.80. The van der Waals surface area contributed by atoms with E-state index in [9.17, 15) is 13.6 Å². The van der Waals surface area contributed by atoms with E-state index in [2.05, 4.69) is 15.7 Å². The Morgan fingerprint density at radius 1 is 1.29 bits per heavy atom. The summed E-state index contributed by atoms with van der Waals surface area (Å²) in [4.78, 5) is 11.9. The normalized spacial score (nSPS) is 17.5. The lowest BCUT2D eigenvalue weighted by molar-refractivity contribution is 0.00401. The molecule has 8 heteroatoms. The van der Waals surface area contributed by atoms with Crippen LogP contribution in [0.25, 0.3) is 0 Å². The van der Waals surface area contributed by atoms with E-state index in [0.717, 1.165) is 38.0 Å². The Morgan fingerprint density at radius 2 is 2.08 bits per heavy atom. The molecule has 128 valence electrons. The van der Waals surface area contributed by atoms with Crippen LogP contribution in [0.2, 0.25) is 0 Å². The van der Waals surface area contributed by atoms with E-state index in [-0.39, 0.29) is 6.10 Å². The van der Waals surface area contributed by atoms with Crippen LogP contribution in [-0.4, -0.2) is 28.5 Å². The van der Waals surface area contributed by atoms with Crippen molar-refractivity contribution in [3.63, 3.8) is 0 Å². The Labute approximate surface area is 137 Å². The minimum absolute atomic E-state index is 0.118. The van der Waals surface area contributed by atoms with Crippen molar-refractivity contribution in [3.05, 3.63) is 42.2 Å². The molecule has 1 atom stereocenters. The second-order valence-corrected chi connectivity index (χ2v) is 5.62. The summed E-state index contributed by atoms with van der Waals surface area (Å²) in [6.45, 7) is 1.36. The molecule has 1 aromatic carbocycles. The second kappa shape index (κ2) is 7.39. The van der Waals surface area contributed by atoms with Crippen LogP contribution in [0.5, 0.6) is 0 Å². The largest absolute Gasteiger partial charge is 0.376 e. The lowest BCUT2D eigenvalue weighted by atomic mass is 10.1. The molecule has 1 saturated heterocycles. The molecule has 0 bridgehead atoms. The van der Waals surface area contributed by atoms with Crippen molar-refractivity contribution in [1.82, 2.24) is 9.78 Å². The predicted molar refractivity (Wildman–Crippen MR) is 84.8 cm³/mol. The standard InChI is InChI=1S/C16H18F2N4O2/c17-13-5-3-6-14(18)15(13)21-16(23)20-11-8-19-22(9-11)10-12-4-1-2-7-24-12/h3,5-6,8-9,12H,1-2,4,7,10H2,(H2,20,21,23). The van der Waals surface area contributed by atoms with Crippen LogP contribution in [0, 0.1) is 11.6 Å². The first kappa shape index (κ1) is 16.4. The first-order valence-corrected chi connectivity index (χ1v) is 7.78. The van der Waals surface area contributed by atoms with Gasteiger partial charge in [-0.1, -0.05) is 6.07 Å². The van der Waals surface area contributed by atoms with Gasteiger partial charge in [0.05, 0.1) is 24.5 Å². The molecule has 0 saturated carbocycles. The number of hydrogen-bond acceptors (Lipinski definition) is 3. The second-order valence-electron chi connectivity index (χ2n) is 5.62. The quantitative estimate of drug-likeness (QED) is 0.899. The average Bonchev–Trinajstić information content (AvgIpc) is 2.99. The van der Waals surface area contributed by atoms with E-state index < -0.39 is 23.4 Å². The maximum atomic E-state index is 13.5. The molecule has 2 amide bonds. The third-order valence-corrected chi connectivity index (χ3v) is 3.76. The van der Waals surface area contributed by atoms with Crippen molar-refractivity contribution in [2.75, 3.05) is 17.2 Å². The fourth-order valence-corrected chi connectivity index (χ4v) is 2.58. The molecule has 0 aliphatic carbocycles. The Bertz CT molecular complexity index is 694. The number of carbonyl (C=O) groups is 1. The van der Waals surface area contributed by atoms with E-state index in [1.165, 1.54) is 12.3 Å². The number of hydrogen-bond donors (Lipinski definition) is 2. The minimum atomic E-state index is -0.838. The van der Waals surface area contributed by atoms with Crippen LogP contribution >= 0.6 is 0 Å². The van der Waals surface area contributed by atoms with Crippen LogP contribution in [-0.2, 0) is 11.3 Å². The Morgan fingerprint density at radius 3 is 2.79 bits per heavy atom. The van der Waals surface area contributed by atoms with Crippen LogP contribution in [0.15, 0.2) is 30.6 Å². The molecular formula is C16H18F2N4O2. The number of aromatic nitrogens is 2. The molecule has 0 radical (unpaired) electrons. The summed E-state index contributed by atoms with van der Waals surface area (Å²) in [7, 11) is 0. The number of urea groups is 1. The van der Waals surface area contributed by atoms with Gasteiger partial charge in [0.25, 0.3) is 0 Å². The van der Waals surface area contributed by atoms with Gasteiger partial charge in [-0.15, -0.1) is 0 Å². The molecule has 2 aromatic rings. The van der Waals surface area contributed by atoms with Gasteiger partial charge in [-0.2, -0.15) is 5.10 Å². The zero-order chi connectivity index (χ0) is 16.9. The molecule has 6 nitrogen and oxygen atoms in total. The van der Waals surface area contributed by atoms with Gasteiger partial charge in [-0.3, -0.25) is 4.68 Å². The third-order valence-electron chi connectivity index (χ3n) is 3.76. The highest BCUT2D eigenvalue weighted by Gasteiger charge is 2.16. The maximum Gasteiger partial charge on any atom is 0.323 e. The van der Waals surface area contributed by atoms with Crippen molar-refractivity contribution < 1.29 is 18.3 Å². The monoisotopic (exact) mass is 336 g/mol. The topological polar surface area (TPSA) is 68.2 Å². The van der Waals surface area contributed by atoms with Gasteiger partial charge in [-0.05, 0) is 31.4 Å². The molecule has 0 spiro atoms. The molecule has 3 rings (SSSR count). The SMILES string of the molecule is O=C(Nc1cnn(CC2CCCCO2)c1)Nc1c(F)cccc1F. The Hall–Kier alpha value is -2.48. The van der Waals surface area contributed by atoms with Gasteiger partial charge in [0.1, 0.15) is 17.3 Å². The number of rotatable bonds is 4. The number of benzene rings is 1. The highest BCUT2D eigenvalue weighted by Crippen LogP contribution is 2.19. The average molecular weight is 336 g/mol. The van der Waals surface area contributed by atoms with E-state index in [1.807, 2.05) is 0 Å². The minimum Gasteiger partial charge on any atom is -0.376 e. The van der Waals surface area contributed by atoms with Gasteiger partial charge in [0, 0.05) is 12.8 Å². The van der Waals surface area contributed by atoms with Crippen LogP contribution in [0.3, 0.4) is 0 Å². The fourth-order valence-electron chi connectivity index (χ4n) is 2.58. The summed E-state index contributed by atoms with van der Waals surface area (Å²) in [6, 6.07) is 2.62. The first-order valence-electron chi connectivity index (χ1n) is 7.78.